The van der Waals surface area contributed by atoms with Crippen molar-refractivity contribution in [3.63, 3.8) is 0 Å². The topological polar surface area (TPSA) is 21.1 Å². The van der Waals surface area contributed by atoms with Crippen LogP contribution in [0.4, 0.5) is 0 Å². The fourth-order valence-electron chi connectivity index (χ4n) is 2.43. The zero-order valence-corrected chi connectivity index (χ0v) is 16.8. The SMILES string of the molecule is C=C(C)CC.CC.Cc1cnn(C2CCN(C(C)(C)C)CC2)c1. The van der Waals surface area contributed by atoms with Crippen LogP contribution in [0, 0.1) is 6.92 Å². The van der Waals surface area contributed by atoms with Gasteiger partial charge in [-0.15, -0.1) is 6.58 Å². The molecule has 1 saturated heterocycles. The number of nitrogens with zero attached hydrogens (tertiary/aromatic N) is 3. The number of aryl methyl sites for hydroxylation is 1. The van der Waals surface area contributed by atoms with Crippen molar-refractivity contribution in [3.05, 3.63) is 30.1 Å². The molecule has 0 aromatic carbocycles. The van der Waals surface area contributed by atoms with E-state index in [1.165, 1.54) is 37.1 Å². The highest BCUT2D eigenvalue weighted by molar-refractivity contribution is 5.01. The predicted octanol–water partition coefficient (Wildman–Crippen LogP) is 5.63. The van der Waals surface area contributed by atoms with E-state index in [2.05, 4.69) is 62.1 Å². The molecule has 3 heteroatoms. The summed E-state index contributed by atoms with van der Waals surface area (Å²) in [5, 5.41) is 4.42. The molecular formula is C20H39N3. The van der Waals surface area contributed by atoms with E-state index in [1.54, 1.807) is 0 Å². The molecule has 0 spiro atoms. The summed E-state index contributed by atoms with van der Waals surface area (Å²) >= 11 is 0. The molecule has 1 aromatic heterocycles. The average molecular weight is 322 g/mol. The number of hydrogen-bond donors (Lipinski definition) is 0. The van der Waals surface area contributed by atoms with Crippen molar-refractivity contribution < 1.29 is 0 Å². The summed E-state index contributed by atoms with van der Waals surface area (Å²) in [6.45, 7) is 23.2. The minimum atomic E-state index is 0.311. The highest BCUT2D eigenvalue weighted by Gasteiger charge is 2.27. The highest BCUT2D eigenvalue weighted by Crippen LogP contribution is 2.26. The van der Waals surface area contributed by atoms with Gasteiger partial charge in [-0.25, -0.2) is 0 Å². The van der Waals surface area contributed by atoms with E-state index in [0.29, 0.717) is 11.6 Å². The van der Waals surface area contributed by atoms with Crippen LogP contribution in [0.2, 0.25) is 0 Å². The van der Waals surface area contributed by atoms with Crippen LogP contribution in [-0.2, 0) is 0 Å². The van der Waals surface area contributed by atoms with Crippen molar-refractivity contribution >= 4 is 0 Å². The Morgan fingerprint density at radius 2 is 1.74 bits per heavy atom. The molecule has 0 unspecified atom stereocenters. The second-order valence-corrected chi connectivity index (χ2v) is 7.20. The van der Waals surface area contributed by atoms with Gasteiger partial charge in [-0.3, -0.25) is 9.58 Å². The lowest BCUT2D eigenvalue weighted by Gasteiger charge is -2.40. The maximum atomic E-state index is 4.42. The standard InChI is InChI=1S/C13H23N3.C5H10.C2H6/c1-11-9-14-16(10-11)12-5-7-15(8-6-12)13(2,3)4;1-4-5(2)3;1-2/h9-10,12H,5-8H2,1-4H3;2,4H2,1,3H3;1-2H3. The summed E-state index contributed by atoms with van der Waals surface area (Å²) < 4.78 is 2.15. The van der Waals surface area contributed by atoms with Gasteiger partial charge in [0.2, 0.25) is 0 Å². The van der Waals surface area contributed by atoms with Gasteiger partial charge < -0.3 is 0 Å². The van der Waals surface area contributed by atoms with Crippen LogP contribution >= 0.6 is 0 Å². The minimum Gasteiger partial charge on any atom is -0.298 e. The summed E-state index contributed by atoms with van der Waals surface area (Å²) in [6, 6.07) is 0.604. The second-order valence-electron chi connectivity index (χ2n) is 7.20. The van der Waals surface area contributed by atoms with Gasteiger partial charge in [0.1, 0.15) is 0 Å². The smallest absolute Gasteiger partial charge is 0.0543 e. The molecule has 3 nitrogen and oxygen atoms in total. The lowest BCUT2D eigenvalue weighted by atomic mass is 9.98. The first kappa shape index (κ1) is 21.9. The molecule has 0 radical (unpaired) electrons. The van der Waals surface area contributed by atoms with Crippen LogP contribution in [0.5, 0.6) is 0 Å². The van der Waals surface area contributed by atoms with Crippen molar-refractivity contribution in [1.82, 2.24) is 14.7 Å². The van der Waals surface area contributed by atoms with Crippen LogP contribution in [0.3, 0.4) is 0 Å². The van der Waals surface area contributed by atoms with E-state index < -0.39 is 0 Å². The number of piperidine rings is 1. The number of rotatable bonds is 2. The molecule has 1 aliphatic heterocycles. The third-order valence-electron chi connectivity index (χ3n) is 4.12. The van der Waals surface area contributed by atoms with Crippen molar-refractivity contribution in [2.75, 3.05) is 13.1 Å². The molecule has 1 fully saturated rings. The molecule has 23 heavy (non-hydrogen) atoms. The van der Waals surface area contributed by atoms with Crippen LogP contribution in [-0.4, -0.2) is 33.3 Å². The van der Waals surface area contributed by atoms with Crippen LogP contribution in [0.15, 0.2) is 24.5 Å². The summed E-state index contributed by atoms with van der Waals surface area (Å²) in [7, 11) is 0. The second kappa shape index (κ2) is 10.6. The molecule has 0 atom stereocenters. The van der Waals surface area contributed by atoms with E-state index in [4.69, 9.17) is 0 Å². The van der Waals surface area contributed by atoms with Gasteiger partial charge in [-0.1, -0.05) is 26.3 Å². The van der Waals surface area contributed by atoms with E-state index in [-0.39, 0.29) is 0 Å². The Morgan fingerprint density at radius 1 is 1.26 bits per heavy atom. The van der Waals surface area contributed by atoms with E-state index in [9.17, 15) is 0 Å². The zero-order chi connectivity index (χ0) is 18.0. The zero-order valence-electron chi connectivity index (χ0n) is 16.8. The quantitative estimate of drug-likeness (QED) is 0.659. The monoisotopic (exact) mass is 321 g/mol. The third-order valence-corrected chi connectivity index (χ3v) is 4.12. The number of aromatic nitrogens is 2. The van der Waals surface area contributed by atoms with E-state index in [1.807, 2.05) is 27.0 Å². The molecular weight excluding hydrogens is 282 g/mol. The van der Waals surface area contributed by atoms with Crippen molar-refractivity contribution in [1.29, 1.82) is 0 Å². The Bertz CT molecular complexity index is 432. The summed E-state index contributed by atoms with van der Waals surface area (Å²) in [6.07, 6.45) is 7.67. The van der Waals surface area contributed by atoms with Gasteiger partial charge in [-0.05, 0) is 59.4 Å². The normalized spacial score (nSPS) is 16.0. The van der Waals surface area contributed by atoms with Gasteiger partial charge in [0.25, 0.3) is 0 Å². The van der Waals surface area contributed by atoms with E-state index >= 15 is 0 Å². The fourth-order valence-corrected chi connectivity index (χ4v) is 2.43. The van der Waals surface area contributed by atoms with Gasteiger partial charge >= 0.3 is 0 Å². The number of likely N-dealkylation sites (tertiary alicyclic amines) is 1. The Morgan fingerprint density at radius 3 is 2.04 bits per heavy atom. The number of hydrogen-bond acceptors (Lipinski definition) is 2. The first-order valence-electron chi connectivity index (χ1n) is 9.14. The fraction of sp³-hybridized carbons (Fsp3) is 0.750. The van der Waals surface area contributed by atoms with Crippen LogP contribution < -0.4 is 0 Å². The van der Waals surface area contributed by atoms with Gasteiger partial charge in [0.05, 0.1) is 12.2 Å². The molecule has 0 amide bonds. The molecule has 0 bridgehead atoms. The maximum absolute atomic E-state index is 4.42. The third kappa shape index (κ3) is 8.36. The first-order chi connectivity index (χ1) is 10.7. The molecule has 1 aliphatic rings. The summed E-state index contributed by atoms with van der Waals surface area (Å²) in [5.41, 5.74) is 2.83. The summed E-state index contributed by atoms with van der Waals surface area (Å²) in [5.74, 6) is 0. The lowest BCUT2D eigenvalue weighted by molar-refractivity contribution is 0.0870. The van der Waals surface area contributed by atoms with E-state index in [0.717, 1.165) is 6.42 Å². The van der Waals surface area contributed by atoms with Crippen LogP contribution in [0.25, 0.3) is 0 Å². The molecule has 134 valence electrons. The van der Waals surface area contributed by atoms with Gasteiger partial charge in [-0.2, -0.15) is 5.10 Å². The predicted molar refractivity (Wildman–Crippen MR) is 103 cm³/mol. The molecule has 2 heterocycles. The molecule has 1 aromatic rings. The Balaban J connectivity index is 0.000000594. The van der Waals surface area contributed by atoms with Gasteiger partial charge in [0, 0.05) is 24.8 Å². The molecule has 0 saturated carbocycles. The number of allylic oxidation sites excluding steroid dienone is 1. The lowest BCUT2D eigenvalue weighted by Crippen LogP contribution is -2.46. The average Bonchev–Trinajstić information content (AvgIpc) is 2.96. The highest BCUT2D eigenvalue weighted by atomic mass is 15.3. The molecule has 2 rings (SSSR count). The Hall–Kier alpha value is -1.09. The molecule has 0 aliphatic carbocycles. The maximum Gasteiger partial charge on any atom is 0.0543 e. The van der Waals surface area contributed by atoms with Crippen LogP contribution in [0.1, 0.15) is 79.3 Å². The van der Waals surface area contributed by atoms with Crippen molar-refractivity contribution in [2.24, 2.45) is 0 Å². The van der Waals surface area contributed by atoms with Gasteiger partial charge in [0.15, 0.2) is 0 Å². The van der Waals surface area contributed by atoms with Crippen molar-refractivity contribution in [3.8, 4) is 0 Å². The minimum absolute atomic E-state index is 0.311. The Labute approximate surface area is 144 Å². The largest absolute Gasteiger partial charge is 0.298 e. The Kier molecular flexibility index (Phi) is 10.1. The molecule has 0 N–H and O–H groups in total. The summed E-state index contributed by atoms with van der Waals surface area (Å²) in [4.78, 5) is 2.57. The first-order valence-corrected chi connectivity index (χ1v) is 9.14. The van der Waals surface area contributed by atoms with Crippen molar-refractivity contribution in [2.45, 2.75) is 86.2 Å².